The quantitative estimate of drug-likeness (QED) is 0.0275. The van der Waals surface area contributed by atoms with Crippen LogP contribution >= 0.6 is 7.82 Å². The van der Waals surface area contributed by atoms with Crippen LogP contribution in [0.4, 0.5) is 0 Å². The van der Waals surface area contributed by atoms with Crippen molar-refractivity contribution in [2.24, 2.45) is 5.73 Å². The minimum absolute atomic E-state index is 0.0303. The molecule has 0 heterocycles. The highest BCUT2D eigenvalue weighted by Crippen LogP contribution is 2.43. The number of carbonyl (C=O) groups excluding carboxylic acids is 2. The normalized spacial score (nSPS) is 14.5. The van der Waals surface area contributed by atoms with E-state index in [9.17, 15) is 19.0 Å². The lowest BCUT2D eigenvalue weighted by Gasteiger charge is -2.19. The second-order valence-corrected chi connectivity index (χ2v) is 14.2. The second kappa shape index (κ2) is 40.3. The molecule has 1 unspecified atom stereocenters. The average Bonchev–Trinajstić information content (AvgIpc) is 3.17. The number of allylic oxidation sites excluding steroid dienone is 18. The predicted octanol–water partition coefficient (Wildman–Crippen LogP) is 11.6. The molecule has 0 radical (unpaired) electrons. The van der Waals surface area contributed by atoms with Gasteiger partial charge in [-0.3, -0.25) is 18.6 Å². The van der Waals surface area contributed by atoms with Crippen LogP contribution in [0.2, 0.25) is 0 Å². The molecule has 0 aliphatic rings. The molecule has 0 aliphatic carbocycles. The monoisotopic (exact) mass is 785 g/mol. The topological polar surface area (TPSA) is 134 Å². The van der Waals surface area contributed by atoms with E-state index < -0.39 is 32.5 Å². The van der Waals surface area contributed by atoms with Gasteiger partial charge in [0.25, 0.3) is 0 Å². The summed E-state index contributed by atoms with van der Waals surface area (Å²) >= 11 is 0. The van der Waals surface area contributed by atoms with Gasteiger partial charge in [0.05, 0.1) is 13.2 Å². The van der Waals surface area contributed by atoms with E-state index in [1.807, 2.05) is 12.2 Å². The lowest BCUT2D eigenvalue weighted by Crippen LogP contribution is -2.29. The van der Waals surface area contributed by atoms with E-state index in [2.05, 4.69) is 111 Å². The zero-order valence-corrected chi connectivity index (χ0v) is 34.7. The van der Waals surface area contributed by atoms with Crippen LogP contribution in [-0.4, -0.2) is 49.3 Å². The molecule has 9 nitrogen and oxygen atoms in total. The first-order chi connectivity index (χ1) is 26.8. The van der Waals surface area contributed by atoms with Gasteiger partial charge in [-0.25, -0.2) is 4.57 Å². The van der Waals surface area contributed by atoms with Crippen LogP contribution in [0, 0.1) is 0 Å². The highest BCUT2D eigenvalue weighted by molar-refractivity contribution is 7.47. The molecule has 55 heavy (non-hydrogen) atoms. The van der Waals surface area contributed by atoms with Crippen molar-refractivity contribution >= 4 is 19.8 Å². The summed E-state index contributed by atoms with van der Waals surface area (Å²) in [5.74, 6) is -0.986. The lowest BCUT2D eigenvalue weighted by atomic mass is 10.1. The minimum atomic E-state index is -4.41. The number of nitrogens with two attached hydrogens (primary N) is 1. The maximum absolute atomic E-state index is 12.5. The summed E-state index contributed by atoms with van der Waals surface area (Å²) in [6, 6.07) is 0. The van der Waals surface area contributed by atoms with Crippen molar-refractivity contribution in [2.45, 2.75) is 136 Å². The maximum Gasteiger partial charge on any atom is 0.472 e. The van der Waals surface area contributed by atoms with Crippen LogP contribution in [0.5, 0.6) is 0 Å². The van der Waals surface area contributed by atoms with E-state index in [-0.39, 0.29) is 32.6 Å². The van der Waals surface area contributed by atoms with E-state index in [1.165, 1.54) is 19.3 Å². The van der Waals surface area contributed by atoms with Crippen LogP contribution in [0.1, 0.15) is 129 Å². The number of ether oxygens (including phenoxy) is 2. The molecule has 0 aromatic heterocycles. The Hall–Kier alpha value is -3.33. The summed E-state index contributed by atoms with van der Waals surface area (Å²) < 4.78 is 32.6. The molecule has 3 N–H and O–H groups in total. The Kier molecular flexibility index (Phi) is 37.9. The van der Waals surface area contributed by atoms with Crippen molar-refractivity contribution in [2.75, 3.05) is 26.4 Å². The number of carbonyl (C=O) groups is 2. The number of esters is 2. The van der Waals surface area contributed by atoms with Gasteiger partial charge in [0.1, 0.15) is 6.61 Å². The number of rotatable bonds is 36. The van der Waals surface area contributed by atoms with Gasteiger partial charge < -0.3 is 20.1 Å². The SMILES string of the molecule is CC/C=C/C/C=C/C/C=C/C/C=C/C/C=C/C/C=C/CCC(=O)O[C@H](COC(=O)CCCC/C=C/C/C=C/C/C=C/CCCCC)COP(=O)(O)OCCN. The average molecular weight is 786 g/mol. The molecule has 0 rings (SSSR count). The number of phosphoric ester groups is 1. The highest BCUT2D eigenvalue weighted by Gasteiger charge is 2.25. The fraction of sp³-hybridized carbons (Fsp3) is 0.556. The zero-order chi connectivity index (χ0) is 40.3. The number of hydrogen-bond donors (Lipinski definition) is 2. The molecule has 2 atom stereocenters. The maximum atomic E-state index is 12.5. The Morgan fingerprint density at radius 1 is 0.564 bits per heavy atom. The molecular weight excluding hydrogens is 713 g/mol. The Balaban J connectivity index is 4.42. The first-order valence-electron chi connectivity index (χ1n) is 20.4. The third kappa shape index (κ3) is 40.2. The van der Waals surface area contributed by atoms with Crippen molar-refractivity contribution in [3.8, 4) is 0 Å². The molecule has 10 heteroatoms. The Morgan fingerprint density at radius 3 is 1.49 bits per heavy atom. The van der Waals surface area contributed by atoms with Gasteiger partial charge in [-0.1, -0.05) is 136 Å². The van der Waals surface area contributed by atoms with Crippen LogP contribution in [0.15, 0.2) is 109 Å². The van der Waals surface area contributed by atoms with E-state index in [0.29, 0.717) is 12.8 Å². The smallest absolute Gasteiger partial charge is 0.462 e. The summed E-state index contributed by atoms with van der Waals surface area (Å²) in [5.41, 5.74) is 5.33. The molecule has 0 spiro atoms. The number of hydrogen-bond acceptors (Lipinski definition) is 8. The minimum Gasteiger partial charge on any atom is -0.462 e. The standard InChI is InChI=1S/C45H72NO8P/c1-3-5-7-9-11-13-15-17-19-20-21-22-24-26-28-30-32-34-36-38-45(48)54-43(42-53-55(49,50)52-40-39-46)41-51-44(47)37-35-33-31-29-27-25-23-18-16-14-12-10-8-6-4-2/h5,7,11-14,17-19,21-23,26-29,32,34,43H,3-4,6,8-10,15-16,20,24-25,30-31,33,35-42,46H2,1-2H3,(H,49,50)/b7-5+,13-11+,14-12+,19-17+,22-21+,23-18+,28-26+,29-27+,34-32+/t43-/m1/s1. The Bertz CT molecular complexity index is 1260. The molecule has 0 aliphatic heterocycles. The van der Waals surface area contributed by atoms with Crippen molar-refractivity contribution in [3.05, 3.63) is 109 Å². The first kappa shape index (κ1) is 51.7. The molecular formula is C45H72NO8P. The fourth-order valence-corrected chi connectivity index (χ4v) is 5.43. The Labute approximate surface area is 333 Å². The van der Waals surface area contributed by atoms with Gasteiger partial charge in [-0.05, 0) is 89.9 Å². The second-order valence-electron chi connectivity index (χ2n) is 12.8. The van der Waals surface area contributed by atoms with E-state index in [4.69, 9.17) is 24.3 Å². The van der Waals surface area contributed by atoms with Crippen LogP contribution in [-0.2, 0) is 32.7 Å². The van der Waals surface area contributed by atoms with Crippen molar-refractivity contribution in [1.29, 1.82) is 0 Å². The van der Waals surface area contributed by atoms with Crippen LogP contribution < -0.4 is 5.73 Å². The third-order valence-electron chi connectivity index (χ3n) is 7.66. The molecule has 0 aromatic rings. The molecule has 0 fully saturated rings. The molecule has 0 saturated heterocycles. The van der Waals surface area contributed by atoms with Crippen molar-refractivity contribution in [3.63, 3.8) is 0 Å². The van der Waals surface area contributed by atoms with Gasteiger partial charge in [-0.2, -0.15) is 0 Å². The molecule has 0 amide bonds. The predicted molar refractivity (Wildman–Crippen MR) is 228 cm³/mol. The van der Waals surface area contributed by atoms with Crippen LogP contribution in [0.25, 0.3) is 0 Å². The van der Waals surface area contributed by atoms with E-state index >= 15 is 0 Å². The zero-order valence-electron chi connectivity index (χ0n) is 33.9. The molecule has 0 bridgehead atoms. The van der Waals surface area contributed by atoms with Crippen LogP contribution in [0.3, 0.4) is 0 Å². The van der Waals surface area contributed by atoms with Gasteiger partial charge in [0.2, 0.25) is 0 Å². The van der Waals surface area contributed by atoms with Crippen molar-refractivity contribution < 1.29 is 37.6 Å². The molecule has 310 valence electrons. The largest absolute Gasteiger partial charge is 0.472 e. The molecule has 0 saturated carbocycles. The van der Waals surface area contributed by atoms with Gasteiger partial charge in [0, 0.05) is 19.4 Å². The summed E-state index contributed by atoms with van der Waals surface area (Å²) in [5, 5.41) is 0. The highest BCUT2D eigenvalue weighted by atomic mass is 31.2. The number of unbranched alkanes of at least 4 members (excludes halogenated alkanes) is 5. The third-order valence-corrected chi connectivity index (χ3v) is 8.64. The summed E-state index contributed by atoms with van der Waals surface area (Å²) in [4.78, 5) is 34.8. The lowest BCUT2D eigenvalue weighted by molar-refractivity contribution is -0.161. The fourth-order valence-electron chi connectivity index (χ4n) is 4.66. The Morgan fingerprint density at radius 2 is 1.02 bits per heavy atom. The molecule has 0 aromatic carbocycles. The van der Waals surface area contributed by atoms with E-state index in [1.54, 1.807) is 0 Å². The first-order valence-corrected chi connectivity index (χ1v) is 21.9. The summed E-state index contributed by atoms with van der Waals surface area (Å²) in [6.07, 6.45) is 52.8. The van der Waals surface area contributed by atoms with E-state index in [0.717, 1.165) is 70.6 Å². The van der Waals surface area contributed by atoms with Gasteiger partial charge in [0.15, 0.2) is 6.10 Å². The number of phosphoric acid groups is 1. The van der Waals surface area contributed by atoms with Gasteiger partial charge >= 0.3 is 19.8 Å². The van der Waals surface area contributed by atoms with Crippen molar-refractivity contribution in [1.82, 2.24) is 0 Å². The summed E-state index contributed by atoms with van der Waals surface area (Å²) in [6.45, 7) is 3.42. The summed E-state index contributed by atoms with van der Waals surface area (Å²) in [7, 11) is -4.41. The van der Waals surface area contributed by atoms with Gasteiger partial charge in [-0.15, -0.1) is 0 Å².